The Bertz CT molecular complexity index is 300. The minimum Gasteiger partial charge on any atom is -0.313 e. The van der Waals surface area contributed by atoms with Crippen LogP contribution in [-0.4, -0.2) is 13.1 Å². The molecule has 0 saturated carbocycles. The van der Waals surface area contributed by atoms with E-state index in [0.717, 1.165) is 31.2 Å². The highest BCUT2D eigenvalue weighted by atomic mass is 35.5. The van der Waals surface area contributed by atoms with Crippen molar-refractivity contribution >= 4 is 11.6 Å². The molecule has 0 radical (unpaired) electrons. The molecule has 0 amide bonds. The van der Waals surface area contributed by atoms with Gasteiger partial charge in [-0.05, 0) is 30.3 Å². The number of nitrogens with one attached hydrogen (secondary N) is 2. The van der Waals surface area contributed by atoms with E-state index >= 15 is 0 Å². The van der Waals surface area contributed by atoms with Crippen LogP contribution in [-0.2, 0) is 13.1 Å². The van der Waals surface area contributed by atoms with Gasteiger partial charge in [-0.1, -0.05) is 37.6 Å². The van der Waals surface area contributed by atoms with Crippen LogP contribution in [0.5, 0.6) is 0 Å². The van der Waals surface area contributed by atoms with E-state index in [0.29, 0.717) is 0 Å². The van der Waals surface area contributed by atoms with Gasteiger partial charge in [0.05, 0.1) is 0 Å². The van der Waals surface area contributed by atoms with Crippen LogP contribution in [0.3, 0.4) is 0 Å². The largest absolute Gasteiger partial charge is 0.313 e. The number of benzene rings is 1. The molecule has 15 heavy (non-hydrogen) atoms. The minimum atomic E-state index is 0.844. The van der Waals surface area contributed by atoms with Crippen LogP contribution in [0.1, 0.15) is 25.0 Å². The molecular formula is C12H19ClN2. The zero-order valence-electron chi connectivity index (χ0n) is 9.44. The standard InChI is InChI=1S/C12H19ClN2/c1-3-14-8-10-5-6-11(9-15-4-2)12(13)7-10/h5-7,14-15H,3-4,8-9H2,1-2H3. The number of halogens is 1. The molecule has 2 N–H and O–H groups in total. The maximum absolute atomic E-state index is 6.18. The molecule has 0 aliphatic heterocycles. The second-order valence-electron chi connectivity index (χ2n) is 3.49. The first kappa shape index (κ1) is 12.5. The van der Waals surface area contributed by atoms with Crippen molar-refractivity contribution in [2.75, 3.05) is 13.1 Å². The van der Waals surface area contributed by atoms with Crippen LogP contribution in [0.15, 0.2) is 18.2 Å². The summed E-state index contributed by atoms with van der Waals surface area (Å²) in [6, 6.07) is 6.26. The van der Waals surface area contributed by atoms with Crippen molar-refractivity contribution in [1.82, 2.24) is 10.6 Å². The molecule has 0 unspecified atom stereocenters. The SMILES string of the molecule is CCNCc1ccc(CNCC)c(Cl)c1. The second-order valence-corrected chi connectivity index (χ2v) is 3.89. The van der Waals surface area contributed by atoms with Crippen molar-refractivity contribution in [3.63, 3.8) is 0 Å². The average Bonchev–Trinajstić information content (AvgIpc) is 2.25. The molecule has 1 rings (SSSR count). The Morgan fingerprint density at radius 1 is 1.07 bits per heavy atom. The first-order chi connectivity index (χ1) is 7.27. The van der Waals surface area contributed by atoms with Crippen molar-refractivity contribution in [2.24, 2.45) is 0 Å². The van der Waals surface area contributed by atoms with E-state index in [4.69, 9.17) is 11.6 Å². The van der Waals surface area contributed by atoms with E-state index in [1.165, 1.54) is 11.1 Å². The van der Waals surface area contributed by atoms with Crippen LogP contribution in [0, 0.1) is 0 Å². The lowest BCUT2D eigenvalue weighted by Crippen LogP contribution is -2.13. The summed E-state index contributed by atoms with van der Waals surface area (Å²) in [6.45, 7) is 7.87. The Labute approximate surface area is 97.0 Å². The van der Waals surface area contributed by atoms with Crippen LogP contribution in [0.4, 0.5) is 0 Å². The molecule has 3 heteroatoms. The molecule has 0 fully saturated rings. The van der Waals surface area contributed by atoms with Crippen LogP contribution < -0.4 is 10.6 Å². The van der Waals surface area contributed by atoms with Gasteiger partial charge in [0.1, 0.15) is 0 Å². The van der Waals surface area contributed by atoms with Crippen LogP contribution in [0.25, 0.3) is 0 Å². The summed E-state index contributed by atoms with van der Waals surface area (Å²) in [4.78, 5) is 0. The van der Waals surface area contributed by atoms with E-state index in [-0.39, 0.29) is 0 Å². The molecule has 2 nitrogen and oxygen atoms in total. The van der Waals surface area contributed by atoms with E-state index in [1.54, 1.807) is 0 Å². The molecule has 0 aliphatic carbocycles. The van der Waals surface area contributed by atoms with Gasteiger partial charge >= 0.3 is 0 Å². The molecule has 0 heterocycles. The number of hydrogen-bond acceptors (Lipinski definition) is 2. The highest BCUT2D eigenvalue weighted by Crippen LogP contribution is 2.17. The summed E-state index contributed by atoms with van der Waals surface area (Å²) in [5, 5.41) is 7.40. The summed E-state index contributed by atoms with van der Waals surface area (Å²) in [5.74, 6) is 0. The highest BCUT2D eigenvalue weighted by molar-refractivity contribution is 6.31. The van der Waals surface area contributed by atoms with Crippen molar-refractivity contribution in [3.8, 4) is 0 Å². The summed E-state index contributed by atoms with van der Waals surface area (Å²) in [6.07, 6.45) is 0. The zero-order chi connectivity index (χ0) is 11.1. The maximum atomic E-state index is 6.18. The van der Waals surface area contributed by atoms with Crippen LogP contribution in [0.2, 0.25) is 5.02 Å². The van der Waals surface area contributed by atoms with Crippen molar-refractivity contribution in [1.29, 1.82) is 0 Å². The lowest BCUT2D eigenvalue weighted by Gasteiger charge is -2.07. The molecule has 0 atom stereocenters. The molecule has 1 aromatic rings. The normalized spacial score (nSPS) is 10.6. The van der Waals surface area contributed by atoms with Gasteiger partial charge in [0.25, 0.3) is 0 Å². The summed E-state index contributed by atoms with van der Waals surface area (Å²) in [7, 11) is 0. The van der Waals surface area contributed by atoms with Gasteiger partial charge in [-0.25, -0.2) is 0 Å². The average molecular weight is 227 g/mol. The molecule has 0 aromatic heterocycles. The maximum Gasteiger partial charge on any atom is 0.0454 e. The lowest BCUT2D eigenvalue weighted by molar-refractivity contribution is 0.718. The fourth-order valence-corrected chi connectivity index (χ4v) is 1.64. The summed E-state index contributed by atoms with van der Waals surface area (Å²) < 4.78 is 0. The van der Waals surface area contributed by atoms with Gasteiger partial charge in [0.2, 0.25) is 0 Å². The van der Waals surface area contributed by atoms with Crippen molar-refractivity contribution < 1.29 is 0 Å². The molecule has 1 aromatic carbocycles. The number of hydrogen-bond donors (Lipinski definition) is 2. The van der Waals surface area contributed by atoms with Gasteiger partial charge in [-0.2, -0.15) is 0 Å². The topological polar surface area (TPSA) is 24.1 Å². The van der Waals surface area contributed by atoms with Gasteiger partial charge in [-0.15, -0.1) is 0 Å². The molecular weight excluding hydrogens is 208 g/mol. The molecule has 84 valence electrons. The third kappa shape index (κ3) is 4.20. The first-order valence-corrected chi connectivity index (χ1v) is 5.84. The predicted molar refractivity (Wildman–Crippen MR) is 66.2 cm³/mol. The molecule has 0 spiro atoms. The third-order valence-electron chi connectivity index (χ3n) is 2.26. The second kappa shape index (κ2) is 6.83. The van der Waals surface area contributed by atoms with E-state index in [2.05, 4.69) is 36.6 Å². The molecule has 0 aliphatic rings. The van der Waals surface area contributed by atoms with Gasteiger partial charge in [0, 0.05) is 18.1 Å². The third-order valence-corrected chi connectivity index (χ3v) is 2.61. The fourth-order valence-electron chi connectivity index (χ4n) is 1.37. The Morgan fingerprint density at radius 3 is 2.33 bits per heavy atom. The molecule has 0 saturated heterocycles. The van der Waals surface area contributed by atoms with E-state index in [1.807, 2.05) is 6.07 Å². The van der Waals surface area contributed by atoms with Crippen LogP contribution >= 0.6 is 11.6 Å². The van der Waals surface area contributed by atoms with Gasteiger partial charge in [-0.3, -0.25) is 0 Å². The Morgan fingerprint density at radius 2 is 1.73 bits per heavy atom. The Kier molecular flexibility index (Phi) is 5.69. The quantitative estimate of drug-likeness (QED) is 0.779. The van der Waals surface area contributed by atoms with E-state index < -0.39 is 0 Å². The highest BCUT2D eigenvalue weighted by Gasteiger charge is 2.00. The summed E-state index contributed by atoms with van der Waals surface area (Å²) >= 11 is 6.18. The Balaban J connectivity index is 2.61. The monoisotopic (exact) mass is 226 g/mol. The van der Waals surface area contributed by atoms with E-state index in [9.17, 15) is 0 Å². The van der Waals surface area contributed by atoms with Crippen molar-refractivity contribution in [2.45, 2.75) is 26.9 Å². The van der Waals surface area contributed by atoms with Gasteiger partial charge in [0.15, 0.2) is 0 Å². The fraction of sp³-hybridized carbons (Fsp3) is 0.500. The first-order valence-electron chi connectivity index (χ1n) is 5.46. The number of rotatable bonds is 6. The molecule has 0 bridgehead atoms. The smallest absolute Gasteiger partial charge is 0.0454 e. The predicted octanol–water partition coefficient (Wildman–Crippen LogP) is 2.56. The van der Waals surface area contributed by atoms with Gasteiger partial charge < -0.3 is 10.6 Å². The van der Waals surface area contributed by atoms with Crippen molar-refractivity contribution in [3.05, 3.63) is 34.3 Å². The summed E-state index contributed by atoms with van der Waals surface area (Å²) in [5.41, 5.74) is 2.40. The Hall–Kier alpha value is -0.570. The zero-order valence-corrected chi connectivity index (χ0v) is 10.2. The lowest BCUT2D eigenvalue weighted by atomic mass is 10.1. The minimum absolute atomic E-state index is 0.844.